The van der Waals surface area contributed by atoms with E-state index in [9.17, 15) is 9.59 Å². The molecule has 1 N–H and O–H groups in total. The van der Waals surface area contributed by atoms with Gasteiger partial charge in [-0.2, -0.15) is 5.10 Å². The molecule has 1 aromatic heterocycles. The standard InChI is InChI=1S/C18H29N5O2/c1-13-11-19-20-16(13)18(3)5-7-22(8-6-18)17(25)15-12-23(14(2)24)10-9-21(15)4/h11,15H,5-10,12H2,1-4H3,(H,19,20)/t15-/m1/s1. The first-order valence-corrected chi connectivity index (χ1v) is 9.07. The van der Waals surface area contributed by atoms with Crippen LogP contribution in [0.3, 0.4) is 0 Å². The Kier molecular flexibility index (Phi) is 4.86. The average molecular weight is 347 g/mol. The van der Waals surface area contributed by atoms with Crippen molar-refractivity contribution < 1.29 is 9.59 Å². The van der Waals surface area contributed by atoms with Crippen molar-refractivity contribution in [2.45, 2.75) is 45.1 Å². The maximum atomic E-state index is 13.0. The van der Waals surface area contributed by atoms with Crippen LogP contribution in [-0.4, -0.2) is 82.5 Å². The highest BCUT2D eigenvalue weighted by atomic mass is 16.2. The molecule has 1 aromatic rings. The molecule has 25 heavy (non-hydrogen) atoms. The molecule has 2 amide bonds. The monoisotopic (exact) mass is 347 g/mol. The van der Waals surface area contributed by atoms with Gasteiger partial charge in [-0.25, -0.2) is 0 Å². The van der Waals surface area contributed by atoms with Gasteiger partial charge in [0.2, 0.25) is 11.8 Å². The summed E-state index contributed by atoms with van der Waals surface area (Å²) in [4.78, 5) is 30.5. The van der Waals surface area contributed by atoms with Gasteiger partial charge in [0.25, 0.3) is 0 Å². The van der Waals surface area contributed by atoms with Crippen molar-refractivity contribution in [1.82, 2.24) is 24.9 Å². The third-order valence-electron chi connectivity index (χ3n) is 5.99. The highest BCUT2D eigenvalue weighted by Gasteiger charge is 2.39. The van der Waals surface area contributed by atoms with E-state index in [1.54, 1.807) is 11.8 Å². The van der Waals surface area contributed by atoms with Crippen LogP contribution in [0.1, 0.15) is 37.9 Å². The number of carbonyl (C=O) groups excluding carboxylic acids is 2. The number of piperidine rings is 1. The van der Waals surface area contributed by atoms with E-state index in [2.05, 4.69) is 28.9 Å². The summed E-state index contributed by atoms with van der Waals surface area (Å²) in [5, 5.41) is 7.30. The summed E-state index contributed by atoms with van der Waals surface area (Å²) in [5.74, 6) is 0.198. The maximum Gasteiger partial charge on any atom is 0.241 e. The Morgan fingerprint density at radius 2 is 1.88 bits per heavy atom. The molecule has 3 heterocycles. The molecule has 0 aliphatic carbocycles. The van der Waals surface area contributed by atoms with E-state index < -0.39 is 0 Å². The summed E-state index contributed by atoms with van der Waals surface area (Å²) in [5.41, 5.74) is 2.42. The van der Waals surface area contributed by atoms with Gasteiger partial charge in [0.1, 0.15) is 6.04 Å². The van der Waals surface area contributed by atoms with Crippen molar-refractivity contribution in [2.75, 3.05) is 39.8 Å². The summed E-state index contributed by atoms with van der Waals surface area (Å²) in [7, 11) is 1.97. The number of nitrogens with zero attached hydrogens (tertiary/aromatic N) is 4. The van der Waals surface area contributed by atoms with Crippen LogP contribution in [-0.2, 0) is 15.0 Å². The maximum absolute atomic E-state index is 13.0. The van der Waals surface area contributed by atoms with Gasteiger partial charge in [0, 0.05) is 50.8 Å². The highest BCUT2D eigenvalue weighted by molar-refractivity contribution is 5.83. The van der Waals surface area contributed by atoms with Gasteiger partial charge in [0.05, 0.1) is 6.20 Å². The van der Waals surface area contributed by atoms with E-state index in [-0.39, 0.29) is 23.3 Å². The van der Waals surface area contributed by atoms with Crippen molar-refractivity contribution in [3.05, 3.63) is 17.5 Å². The number of amides is 2. The van der Waals surface area contributed by atoms with Crippen LogP contribution >= 0.6 is 0 Å². The third-order valence-corrected chi connectivity index (χ3v) is 5.99. The van der Waals surface area contributed by atoms with E-state index in [0.29, 0.717) is 13.1 Å². The van der Waals surface area contributed by atoms with Crippen LogP contribution in [0.2, 0.25) is 0 Å². The molecule has 0 radical (unpaired) electrons. The Morgan fingerprint density at radius 1 is 1.20 bits per heavy atom. The number of likely N-dealkylation sites (tertiary alicyclic amines) is 1. The average Bonchev–Trinajstić information content (AvgIpc) is 3.02. The smallest absolute Gasteiger partial charge is 0.241 e. The normalized spacial score (nSPS) is 24.4. The first kappa shape index (κ1) is 17.9. The van der Waals surface area contributed by atoms with E-state index in [1.165, 1.54) is 11.3 Å². The molecule has 2 saturated heterocycles. The zero-order valence-electron chi connectivity index (χ0n) is 15.7. The quantitative estimate of drug-likeness (QED) is 0.857. The van der Waals surface area contributed by atoms with Gasteiger partial charge in [-0.15, -0.1) is 0 Å². The van der Waals surface area contributed by atoms with Crippen molar-refractivity contribution in [3.8, 4) is 0 Å². The number of hydrogen-bond acceptors (Lipinski definition) is 4. The largest absolute Gasteiger partial charge is 0.341 e. The molecule has 1 atom stereocenters. The highest BCUT2D eigenvalue weighted by Crippen LogP contribution is 2.35. The summed E-state index contributed by atoms with van der Waals surface area (Å²) in [6, 6.07) is -0.226. The lowest BCUT2D eigenvalue weighted by atomic mass is 9.76. The molecule has 0 spiro atoms. The molecule has 0 unspecified atom stereocenters. The van der Waals surface area contributed by atoms with E-state index in [4.69, 9.17) is 0 Å². The zero-order chi connectivity index (χ0) is 18.2. The molecule has 2 fully saturated rings. The third kappa shape index (κ3) is 3.42. The van der Waals surface area contributed by atoms with Crippen molar-refractivity contribution in [3.63, 3.8) is 0 Å². The van der Waals surface area contributed by atoms with E-state index in [1.807, 2.05) is 18.1 Å². The Labute approximate surface area is 149 Å². The minimum Gasteiger partial charge on any atom is -0.341 e. The molecular formula is C18H29N5O2. The Morgan fingerprint density at radius 3 is 2.44 bits per heavy atom. The second kappa shape index (κ2) is 6.78. The lowest BCUT2D eigenvalue weighted by Crippen LogP contribution is -2.60. The molecule has 0 aromatic carbocycles. The van der Waals surface area contributed by atoms with Gasteiger partial charge in [-0.1, -0.05) is 6.92 Å². The topological polar surface area (TPSA) is 72.5 Å². The summed E-state index contributed by atoms with van der Waals surface area (Å²) >= 11 is 0. The first-order chi connectivity index (χ1) is 11.8. The number of H-pyrrole nitrogens is 1. The molecule has 0 saturated carbocycles. The molecule has 7 heteroatoms. The first-order valence-electron chi connectivity index (χ1n) is 9.07. The fourth-order valence-corrected chi connectivity index (χ4v) is 4.07. The van der Waals surface area contributed by atoms with Crippen LogP contribution in [0.5, 0.6) is 0 Å². The predicted molar refractivity (Wildman–Crippen MR) is 95.2 cm³/mol. The van der Waals surface area contributed by atoms with Crippen LogP contribution < -0.4 is 0 Å². The fourth-order valence-electron chi connectivity index (χ4n) is 4.07. The lowest BCUT2D eigenvalue weighted by molar-refractivity contribution is -0.143. The number of likely N-dealkylation sites (N-methyl/N-ethyl adjacent to an activating group) is 1. The number of hydrogen-bond donors (Lipinski definition) is 1. The van der Waals surface area contributed by atoms with Crippen LogP contribution in [0.25, 0.3) is 0 Å². The number of rotatable bonds is 2. The number of aromatic amines is 1. The zero-order valence-corrected chi connectivity index (χ0v) is 15.7. The summed E-state index contributed by atoms with van der Waals surface area (Å²) in [6.45, 7) is 9.34. The van der Waals surface area contributed by atoms with Crippen molar-refractivity contribution >= 4 is 11.8 Å². The molecular weight excluding hydrogens is 318 g/mol. The predicted octanol–water partition coefficient (Wildman–Crippen LogP) is 0.761. The molecule has 2 aliphatic heterocycles. The Balaban J connectivity index is 1.65. The summed E-state index contributed by atoms with van der Waals surface area (Å²) < 4.78 is 0. The minimum absolute atomic E-state index is 0.0429. The van der Waals surface area contributed by atoms with Crippen LogP contribution in [0.15, 0.2) is 6.20 Å². The van der Waals surface area contributed by atoms with E-state index >= 15 is 0 Å². The summed E-state index contributed by atoms with van der Waals surface area (Å²) in [6.07, 6.45) is 3.72. The fraction of sp³-hybridized carbons (Fsp3) is 0.722. The second-order valence-electron chi connectivity index (χ2n) is 7.78. The molecule has 138 valence electrons. The molecule has 2 aliphatic rings. The number of aromatic nitrogens is 2. The Bertz CT molecular complexity index is 648. The molecule has 3 rings (SSSR count). The van der Waals surface area contributed by atoms with Gasteiger partial charge in [0.15, 0.2) is 0 Å². The minimum atomic E-state index is -0.226. The van der Waals surface area contributed by atoms with Gasteiger partial charge >= 0.3 is 0 Å². The second-order valence-corrected chi connectivity index (χ2v) is 7.78. The van der Waals surface area contributed by atoms with Gasteiger partial charge in [-0.05, 0) is 32.4 Å². The van der Waals surface area contributed by atoms with Crippen LogP contribution in [0.4, 0.5) is 0 Å². The number of nitrogens with one attached hydrogen (secondary N) is 1. The van der Waals surface area contributed by atoms with E-state index in [0.717, 1.165) is 32.5 Å². The Hall–Kier alpha value is -1.89. The lowest BCUT2D eigenvalue weighted by Gasteiger charge is -2.44. The van der Waals surface area contributed by atoms with Gasteiger partial charge < -0.3 is 9.80 Å². The number of carbonyl (C=O) groups is 2. The molecule has 7 nitrogen and oxygen atoms in total. The number of piperazine rings is 1. The van der Waals surface area contributed by atoms with Crippen molar-refractivity contribution in [2.24, 2.45) is 0 Å². The SMILES string of the molecule is CC(=O)N1CCN(C)[C@@H](C(=O)N2CCC(C)(c3[nH]ncc3C)CC2)C1. The van der Waals surface area contributed by atoms with Gasteiger partial charge in [-0.3, -0.25) is 19.6 Å². The van der Waals surface area contributed by atoms with Crippen LogP contribution in [0, 0.1) is 6.92 Å². The van der Waals surface area contributed by atoms with Crippen molar-refractivity contribution in [1.29, 1.82) is 0 Å². The molecule has 0 bridgehead atoms. The number of aryl methyl sites for hydroxylation is 1.